The molecule has 19 heavy (non-hydrogen) atoms. The summed E-state index contributed by atoms with van der Waals surface area (Å²) >= 11 is 1.71. The number of hydrogen-bond donors (Lipinski definition) is 1. The fourth-order valence-electron chi connectivity index (χ4n) is 2.41. The third-order valence-electron chi connectivity index (χ3n) is 3.35. The van der Waals surface area contributed by atoms with Crippen LogP contribution in [-0.4, -0.2) is 23.0 Å². The third kappa shape index (κ3) is 3.41. The van der Waals surface area contributed by atoms with E-state index < -0.39 is 0 Å². The quantitative estimate of drug-likeness (QED) is 0.912. The van der Waals surface area contributed by atoms with Gasteiger partial charge in [-0.3, -0.25) is 4.90 Å². The number of aryl methyl sites for hydroxylation is 1. The van der Waals surface area contributed by atoms with E-state index in [1.54, 1.807) is 11.3 Å². The SMILES string of the molecule is Cc1ncsc1CN(C)C(c1ccccc1)C(C)N. The van der Waals surface area contributed by atoms with Crippen molar-refractivity contribution in [2.24, 2.45) is 5.73 Å². The first-order valence-electron chi connectivity index (χ1n) is 6.49. The fraction of sp³-hybridized carbons (Fsp3) is 0.400. The largest absolute Gasteiger partial charge is 0.326 e. The third-order valence-corrected chi connectivity index (χ3v) is 4.27. The highest BCUT2D eigenvalue weighted by Gasteiger charge is 2.21. The molecule has 0 spiro atoms. The molecule has 2 rings (SSSR count). The summed E-state index contributed by atoms with van der Waals surface area (Å²) in [5, 5.41) is 0. The number of benzene rings is 1. The van der Waals surface area contributed by atoms with E-state index in [0.29, 0.717) is 0 Å². The highest BCUT2D eigenvalue weighted by molar-refractivity contribution is 7.09. The van der Waals surface area contributed by atoms with Crippen LogP contribution in [0.3, 0.4) is 0 Å². The maximum atomic E-state index is 6.18. The van der Waals surface area contributed by atoms with Crippen molar-refractivity contribution in [3.8, 4) is 0 Å². The maximum absolute atomic E-state index is 6.18. The molecule has 2 unspecified atom stereocenters. The predicted molar refractivity (Wildman–Crippen MR) is 81.2 cm³/mol. The molecule has 0 radical (unpaired) electrons. The first kappa shape index (κ1) is 14.2. The lowest BCUT2D eigenvalue weighted by atomic mass is 9.99. The zero-order valence-electron chi connectivity index (χ0n) is 11.7. The second kappa shape index (κ2) is 6.28. The van der Waals surface area contributed by atoms with Crippen LogP contribution in [0.25, 0.3) is 0 Å². The van der Waals surface area contributed by atoms with E-state index in [2.05, 4.69) is 55.0 Å². The summed E-state index contributed by atoms with van der Waals surface area (Å²) in [6.45, 7) is 5.01. The van der Waals surface area contributed by atoms with Crippen LogP contribution < -0.4 is 5.73 Å². The Morgan fingerprint density at radius 2 is 2.00 bits per heavy atom. The van der Waals surface area contributed by atoms with Crippen molar-refractivity contribution in [3.05, 3.63) is 52.0 Å². The standard InChI is InChI=1S/C15H21N3S/c1-11(16)15(13-7-5-4-6-8-13)18(3)9-14-12(2)17-10-19-14/h4-8,10-11,15H,9,16H2,1-3H3. The highest BCUT2D eigenvalue weighted by atomic mass is 32.1. The normalized spacial score (nSPS) is 14.6. The summed E-state index contributed by atoms with van der Waals surface area (Å²) in [6.07, 6.45) is 0. The van der Waals surface area contributed by atoms with Gasteiger partial charge in [0.05, 0.1) is 11.2 Å². The first-order chi connectivity index (χ1) is 9.09. The molecule has 0 aliphatic rings. The van der Waals surface area contributed by atoms with Gasteiger partial charge in [0.15, 0.2) is 0 Å². The van der Waals surface area contributed by atoms with Crippen LogP contribution in [-0.2, 0) is 6.54 Å². The van der Waals surface area contributed by atoms with Gasteiger partial charge in [-0.15, -0.1) is 11.3 Å². The summed E-state index contributed by atoms with van der Waals surface area (Å²) in [6, 6.07) is 10.8. The van der Waals surface area contributed by atoms with E-state index in [-0.39, 0.29) is 12.1 Å². The minimum Gasteiger partial charge on any atom is -0.326 e. The molecule has 0 saturated heterocycles. The summed E-state index contributed by atoms with van der Waals surface area (Å²) in [4.78, 5) is 7.92. The highest BCUT2D eigenvalue weighted by Crippen LogP contribution is 2.25. The molecule has 2 N–H and O–H groups in total. The average molecular weight is 275 g/mol. The summed E-state index contributed by atoms with van der Waals surface area (Å²) in [7, 11) is 2.13. The van der Waals surface area contributed by atoms with Gasteiger partial charge in [-0.1, -0.05) is 30.3 Å². The van der Waals surface area contributed by atoms with Crippen LogP contribution in [0.5, 0.6) is 0 Å². The predicted octanol–water partition coefficient (Wildman–Crippen LogP) is 2.97. The lowest BCUT2D eigenvalue weighted by Crippen LogP contribution is -2.36. The van der Waals surface area contributed by atoms with Crippen LogP contribution in [0.4, 0.5) is 0 Å². The second-order valence-corrected chi connectivity index (χ2v) is 5.93. The minimum absolute atomic E-state index is 0.0839. The van der Waals surface area contributed by atoms with Gasteiger partial charge in [0.25, 0.3) is 0 Å². The Kier molecular flexibility index (Phi) is 4.69. The van der Waals surface area contributed by atoms with E-state index in [0.717, 1.165) is 12.2 Å². The van der Waals surface area contributed by atoms with Crippen LogP contribution >= 0.6 is 11.3 Å². The molecular weight excluding hydrogens is 254 g/mol. The van der Waals surface area contributed by atoms with Crippen LogP contribution in [0.15, 0.2) is 35.8 Å². The van der Waals surface area contributed by atoms with E-state index >= 15 is 0 Å². The number of aromatic nitrogens is 1. The molecule has 4 heteroatoms. The van der Waals surface area contributed by atoms with E-state index in [1.165, 1.54) is 10.4 Å². The van der Waals surface area contributed by atoms with E-state index in [4.69, 9.17) is 5.73 Å². The number of rotatable bonds is 5. The molecule has 0 aliphatic heterocycles. The van der Waals surface area contributed by atoms with Gasteiger partial charge in [0.1, 0.15) is 0 Å². The molecule has 0 amide bonds. The van der Waals surface area contributed by atoms with Crippen molar-refractivity contribution >= 4 is 11.3 Å². The number of thiazole rings is 1. The maximum Gasteiger partial charge on any atom is 0.0798 e. The molecule has 1 heterocycles. The molecule has 0 saturated carbocycles. The summed E-state index contributed by atoms with van der Waals surface area (Å²) < 4.78 is 0. The Morgan fingerprint density at radius 3 is 2.53 bits per heavy atom. The second-order valence-electron chi connectivity index (χ2n) is 4.99. The average Bonchev–Trinajstić information content (AvgIpc) is 2.76. The summed E-state index contributed by atoms with van der Waals surface area (Å²) in [5.41, 5.74) is 10.5. The summed E-state index contributed by atoms with van der Waals surface area (Å²) in [5.74, 6) is 0. The van der Waals surface area contributed by atoms with Gasteiger partial charge in [0, 0.05) is 23.5 Å². The Labute approximate surface area is 119 Å². The van der Waals surface area contributed by atoms with Crippen molar-refractivity contribution < 1.29 is 0 Å². The van der Waals surface area contributed by atoms with Crippen LogP contribution in [0.2, 0.25) is 0 Å². The zero-order chi connectivity index (χ0) is 13.8. The van der Waals surface area contributed by atoms with Crippen LogP contribution in [0.1, 0.15) is 29.1 Å². The lowest BCUT2D eigenvalue weighted by molar-refractivity contribution is 0.212. The fourth-order valence-corrected chi connectivity index (χ4v) is 3.25. The molecule has 2 atom stereocenters. The Bertz CT molecular complexity index is 507. The van der Waals surface area contributed by atoms with Gasteiger partial charge in [0.2, 0.25) is 0 Å². The Hall–Kier alpha value is -1.23. The van der Waals surface area contributed by atoms with Crippen LogP contribution in [0, 0.1) is 6.92 Å². The van der Waals surface area contributed by atoms with Gasteiger partial charge in [-0.05, 0) is 26.5 Å². The molecule has 102 valence electrons. The molecule has 0 fully saturated rings. The van der Waals surface area contributed by atoms with Gasteiger partial charge >= 0.3 is 0 Å². The van der Waals surface area contributed by atoms with Crippen molar-refractivity contribution in [2.45, 2.75) is 32.5 Å². The lowest BCUT2D eigenvalue weighted by Gasteiger charge is -2.31. The molecule has 3 nitrogen and oxygen atoms in total. The molecular formula is C15H21N3S. The molecule has 2 aromatic rings. The van der Waals surface area contributed by atoms with Crippen molar-refractivity contribution in [3.63, 3.8) is 0 Å². The smallest absolute Gasteiger partial charge is 0.0798 e. The minimum atomic E-state index is 0.0839. The monoisotopic (exact) mass is 275 g/mol. The van der Waals surface area contributed by atoms with E-state index in [1.807, 2.05) is 11.6 Å². The Balaban J connectivity index is 2.18. The van der Waals surface area contributed by atoms with Gasteiger partial charge in [-0.25, -0.2) is 4.98 Å². The van der Waals surface area contributed by atoms with E-state index in [9.17, 15) is 0 Å². The van der Waals surface area contributed by atoms with Gasteiger partial charge in [-0.2, -0.15) is 0 Å². The molecule has 0 aliphatic carbocycles. The zero-order valence-corrected chi connectivity index (χ0v) is 12.5. The first-order valence-corrected chi connectivity index (χ1v) is 7.37. The molecule has 1 aromatic carbocycles. The van der Waals surface area contributed by atoms with Gasteiger partial charge < -0.3 is 5.73 Å². The topological polar surface area (TPSA) is 42.2 Å². The molecule has 0 bridgehead atoms. The Morgan fingerprint density at radius 1 is 1.32 bits per heavy atom. The number of likely N-dealkylation sites (N-methyl/N-ethyl adjacent to an activating group) is 1. The van der Waals surface area contributed by atoms with Crippen molar-refractivity contribution in [1.82, 2.24) is 9.88 Å². The van der Waals surface area contributed by atoms with Crippen molar-refractivity contribution in [2.75, 3.05) is 7.05 Å². The van der Waals surface area contributed by atoms with Crippen molar-refractivity contribution in [1.29, 1.82) is 0 Å². The number of nitrogens with zero attached hydrogens (tertiary/aromatic N) is 2. The number of hydrogen-bond acceptors (Lipinski definition) is 4. The number of nitrogens with two attached hydrogens (primary N) is 1. The molecule has 1 aromatic heterocycles.